The lowest BCUT2D eigenvalue weighted by Crippen LogP contribution is -2.44. The maximum Gasteiger partial charge on any atom is 0.257 e. The number of thioether (sulfide) groups is 1. The Morgan fingerprint density at radius 1 is 1.00 bits per heavy atom. The first-order valence-corrected chi connectivity index (χ1v) is 12.4. The van der Waals surface area contributed by atoms with E-state index >= 15 is 0 Å². The summed E-state index contributed by atoms with van der Waals surface area (Å²) < 4.78 is 13.4. The second-order valence-electron chi connectivity index (χ2n) is 8.54. The van der Waals surface area contributed by atoms with Crippen LogP contribution in [0.2, 0.25) is 0 Å². The van der Waals surface area contributed by atoms with Crippen molar-refractivity contribution in [1.29, 1.82) is 0 Å². The molecule has 0 bridgehead atoms. The molecule has 1 fully saturated rings. The van der Waals surface area contributed by atoms with Crippen LogP contribution in [-0.2, 0) is 4.79 Å². The zero-order valence-electron chi connectivity index (χ0n) is 19.5. The van der Waals surface area contributed by atoms with Gasteiger partial charge >= 0.3 is 0 Å². The second kappa shape index (κ2) is 9.10. The first-order chi connectivity index (χ1) is 16.4. The fourth-order valence-corrected chi connectivity index (χ4v) is 5.65. The molecule has 7 nitrogen and oxygen atoms in total. The van der Waals surface area contributed by atoms with Crippen molar-refractivity contribution in [3.05, 3.63) is 71.0 Å². The second-order valence-corrected chi connectivity index (χ2v) is 9.54. The largest absolute Gasteiger partial charge is 0.486 e. The highest BCUT2D eigenvalue weighted by Gasteiger charge is 2.36. The minimum absolute atomic E-state index is 0.133. The lowest BCUT2D eigenvalue weighted by molar-refractivity contribution is -0.119. The van der Waals surface area contributed by atoms with Gasteiger partial charge in [-0.1, -0.05) is 18.2 Å². The summed E-state index contributed by atoms with van der Waals surface area (Å²) in [4.78, 5) is 28.4. The standard InChI is InChI=1S/C26H27N3O4S/c1-16-6-4-5-7-21(16)27-25(30)22-14-34-15-28(22)26(31)20-12-17(2)29(18(20)3)19-8-9-23-24(13-19)33-11-10-32-23/h4-9,12-13,22H,10-11,14-15H2,1-3H3,(H,27,30). The van der Waals surface area contributed by atoms with Crippen LogP contribution in [0.3, 0.4) is 0 Å². The molecular formula is C26H27N3O4S. The molecule has 1 atom stereocenters. The quantitative estimate of drug-likeness (QED) is 0.606. The number of nitrogens with zero attached hydrogens (tertiary/aromatic N) is 2. The van der Waals surface area contributed by atoms with E-state index in [1.807, 2.05) is 73.9 Å². The maximum atomic E-state index is 13.6. The van der Waals surface area contributed by atoms with Crippen LogP contribution in [0.15, 0.2) is 48.5 Å². The Hall–Kier alpha value is -3.39. The van der Waals surface area contributed by atoms with E-state index in [0.717, 1.165) is 34.1 Å². The van der Waals surface area contributed by atoms with Crippen molar-refractivity contribution in [3.63, 3.8) is 0 Å². The average Bonchev–Trinajstić information content (AvgIpc) is 3.44. The molecule has 8 heteroatoms. The summed E-state index contributed by atoms with van der Waals surface area (Å²) in [7, 11) is 0. The molecule has 176 valence electrons. The molecule has 0 saturated carbocycles. The van der Waals surface area contributed by atoms with Gasteiger partial charge in [0, 0.05) is 34.6 Å². The number of anilines is 1. The van der Waals surface area contributed by atoms with E-state index in [-0.39, 0.29) is 11.8 Å². The van der Waals surface area contributed by atoms with E-state index < -0.39 is 6.04 Å². The number of hydrogen-bond donors (Lipinski definition) is 1. The lowest BCUT2D eigenvalue weighted by atomic mass is 10.1. The van der Waals surface area contributed by atoms with Gasteiger partial charge in [-0.25, -0.2) is 0 Å². The first-order valence-electron chi connectivity index (χ1n) is 11.3. The van der Waals surface area contributed by atoms with Gasteiger partial charge in [0.05, 0.1) is 11.4 Å². The molecule has 5 rings (SSSR count). The van der Waals surface area contributed by atoms with Crippen molar-refractivity contribution in [1.82, 2.24) is 9.47 Å². The lowest BCUT2D eigenvalue weighted by Gasteiger charge is -2.23. The van der Waals surface area contributed by atoms with Gasteiger partial charge in [-0.2, -0.15) is 0 Å². The van der Waals surface area contributed by atoms with Crippen molar-refractivity contribution in [2.24, 2.45) is 0 Å². The van der Waals surface area contributed by atoms with Crippen LogP contribution in [0.4, 0.5) is 5.69 Å². The van der Waals surface area contributed by atoms with Crippen molar-refractivity contribution >= 4 is 29.3 Å². The van der Waals surface area contributed by atoms with Gasteiger partial charge in [0.2, 0.25) is 5.91 Å². The Balaban J connectivity index is 1.40. The van der Waals surface area contributed by atoms with Crippen LogP contribution in [0.25, 0.3) is 5.69 Å². The van der Waals surface area contributed by atoms with Gasteiger partial charge < -0.3 is 24.3 Å². The summed E-state index contributed by atoms with van der Waals surface area (Å²) in [5.41, 5.74) is 5.03. The number of aryl methyl sites for hydroxylation is 2. The summed E-state index contributed by atoms with van der Waals surface area (Å²) >= 11 is 1.59. The highest BCUT2D eigenvalue weighted by molar-refractivity contribution is 7.99. The van der Waals surface area contributed by atoms with E-state index in [1.165, 1.54) is 0 Å². The van der Waals surface area contributed by atoms with Gasteiger partial charge in [-0.3, -0.25) is 9.59 Å². The zero-order valence-corrected chi connectivity index (χ0v) is 20.3. The molecule has 1 N–H and O–H groups in total. The summed E-state index contributed by atoms with van der Waals surface area (Å²) in [5.74, 6) is 2.20. The van der Waals surface area contributed by atoms with Gasteiger partial charge in [0.25, 0.3) is 5.91 Å². The molecule has 1 aromatic heterocycles. The SMILES string of the molecule is Cc1ccccc1NC(=O)C1CSCN1C(=O)c1cc(C)n(-c2ccc3c(c2)OCCO3)c1C. The number of nitrogens with one attached hydrogen (secondary N) is 1. The van der Waals surface area contributed by atoms with Gasteiger partial charge in [0.15, 0.2) is 11.5 Å². The topological polar surface area (TPSA) is 72.8 Å². The predicted octanol–water partition coefficient (Wildman–Crippen LogP) is 4.33. The average molecular weight is 478 g/mol. The number of aromatic nitrogens is 1. The Kier molecular flexibility index (Phi) is 6.00. The Labute approximate surface area is 203 Å². The molecule has 3 aromatic rings. The van der Waals surface area contributed by atoms with E-state index in [1.54, 1.807) is 16.7 Å². The highest BCUT2D eigenvalue weighted by Crippen LogP contribution is 2.34. The third-order valence-corrected chi connectivity index (χ3v) is 7.31. The number of carbonyl (C=O) groups is 2. The minimum Gasteiger partial charge on any atom is -0.486 e. The van der Waals surface area contributed by atoms with Gasteiger partial charge in [-0.15, -0.1) is 11.8 Å². The summed E-state index contributed by atoms with van der Waals surface area (Å²) in [6.07, 6.45) is 0. The van der Waals surface area contributed by atoms with Crippen LogP contribution in [-0.4, -0.2) is 52.2 Å². The maximum absolute atomic E-state index is 13.6. The third kappa shape index (κ3) is 4.03. The fourth-order valence-electron chi connectivity index (χ4n) is 4.49. The number of rotatable bonds is 4. The molecule has 2 aliphatic heterocycles. The Morgan fingerprint density at radius 2 is 1.76 bits per heavy atom. The highest BCUT2D eigenvalue weighted by atomic mass is 32.2. The molecule has 0 spiro atoms. The van der Waals surface area contributed by atoms with Crippen LogP contribution in [0, 0.1) is 20.8 Å². The van der Waals surface area contributed by atoms with Crippen LogP contribution >= 0.6 is 11.8 Å². The number of hydrogen-bond acceptors (Lipinski definition) is 5. The van der Waals surface area contributed by atoms with E-state index in [0.29, 0.717) is 36.2 Å². The molecule has 1 saturated heterocycles. The number of amides is 2. The molecule has 34 heavy (non-hydrogen) atoms. The summed E-state index contributed by atoms with van der Waals surface area (Å²) in [6, 6.07) is 14.8. The van der Waals surface area contributed by atoms with E-state index in [4.69, 9.17) is 9.47 Å². The fraction of sp³-hybridized carbons (Fsp3) is 0.308. The monoisotopic (exact) mass is 477 g/mol. The molecule has 0 radical (unpaired) electrons. The molecule has 2 aromatic carbocycles. The van der Waals surface area contributed by atoms with Crippen molar-refractivity contribution < 1.29 is 19.1 Å². The third-order valence-electron chi connectivity index (χ3n) is 6.29. The predicted molar refractivity (Wildman–Crippen MR) is 133 cm³/mol. The van der Waals surface area contributed by atoms with E-state index in [9.17, 15) is 9.59 Å². The minimum atomic E-state index is -0.519. The zero-order chi connectivity index (χ0) is 23.8. The normalized spacial score (nSPS) is 17.0. The van der Waals surface area contributed by atoms with Gasteiger partial charge in [0.1, 0.15) is 19.3 Å². The van der Waals surface area contributed by atoms with Crippen molar-refractivity contribution in [3.8, 4) is 17.2 Å². The van der Waals surface area contributed by atoms with Crippen LogP contribution < -0.4 is 14.8 Å². The van der Waals surface area contributed by atoms with Crippen molar-refractivity contribution in [2.45, 2.75) is 26.8 Å². The number of carbonyl (C=O) groups excluding carboxylic acids is 2. The molecule has 1 unspecified atom stereocenters. The summed E-state index contributed by atoms with van der Waals surface area (Å²) in [5, 5.41) is 3.00. The number of ether oxygens (including phenoxy) is 2. The van der Waals surface area contributed by atoms with Crippen molar-refractivity contribution in [2.75, 3.05) is 30.2 Å². The number of fused-ring (bicyclic) bond motifs is 1. The molecule has 2 aliphatic rings. The molecule has 2 amide bonds. The molecule has 3 heterocycles. The van der Waals surface area contributed by atoms with E-state index in [2.05, 4.69) is 5.32 Å². The van der Waals surface area contributed by atoms with Crippen LogP contribution in [0.1, 0.15) is 27.3 Å². The van der Waals surface area contributed by atoms with Gasteiger partial charge in [-0.05, 0) is 50.6 Å². The number of benzene rings is 2. The molecular weight excluding hydrogens is 450 g/mol. The Morgan fingerprint density at radius 3 is 2.56 bits per heavy atom. The smallest absolute Gasteiger partial charge is 0.257 e. The summed E-state index contributed by atoms with van der Waals surface area (Å²) in [6.45, 7) is 6.92. The Bertz CT molecular complexity index is 1270. The molecule has 0 aliphatic carbocycles. The first kappa shape index (κ1) is 22.4. The van der Waals surface area contributed by atoms with Crippen LogP contribution in [0.5, 0.6) is 11.5 Å². The number of para-hydroxylation sites is 1.